The quantitative estimate of drug-likeness (QED) is 0.103. The van der Waals surface area contributed by atoms with Gasteiger partial charge < -0.3 is 41.7 Å². The fourth-order valence-electron chi connectivity index (χ4n) is 6.10. The van der Waals surface area contributed by atoms with Crippen molar-refractivity contribution in [3.05, 3.63) is 101 Å². The van der Waals surface area contributed by atoms with Crippen molar-refractivity contribution in [1.29, 1.82) is 0 Å². The first kappa shape index (κ1) is 38.6. The molecule has 2 heterocycles. The van der Waals surface area contributed by atoms with E-state index in [1.165, 1.54) is 0 Å². The number of ether oxygens (including phenoxy) is 6. The molecule has 10 nitrogen and oxygen atoms in total. The van der Waals surface area contributed by atoms with E-state index in [2.05, 4.69) is 12.6 Å². The topological polar surface area (TPSA) is 100 Å². The first-order valence-electron chi connectivity index (χ1n) is 17.3. The van der Waals surface area contributed by atoms with Gasteiger partial charge in [-0.1, -0.05) is 60.7 Å². The third kappa shape index (κ3) is 10.9. The van der Waals surface area contributed by atoms with E-state index in [0.29, 0.717) is 69.8 Å². The van der Waals surface area contributed by atoms with Gasteiger partial charge in [0, 0.05) is 36.3 Å². The lowest BCUT2D eigenvalue weighted by Gasteiger charge is -2.22. The molecule has 1 saturated heterocycles. The van der Waals surface area contributed by atoms with Gasteiger partial charge in [0.25, 0.3) is 0 Å². The summed E-state index contributed by atoms with van der Waals surface area (Å²) in [6, 6.07) is 24.3. The third-order valence-corrected chi connectivity index (χ3v) is 12.4. The molecule has 50 heavy (non-hydrogen) atoms. The summed E-state index contributed by atoms with van der Waals surface area (Å²) in [5.74, 6) is 0.652. The van der Waals surface area contributed by atoms with Crippen LogP contribution in [-0.4, -0.2) is 80.0 Å². The molecule has 2 aliphatic heterocycles. The van der Waals surface area contributed by atoms with Crippen molar-refractivity contribution in [2.75, 3.05) is 53.9 Å². The maximum absolute atomic E-state index is 13.7. The standard InChI is InChI=1S/C38H50O10SSi/c1-28-38(49)48-50(41-3,47-28)21-11-10-16-34(39)31-22-32-24-43-26-35(29-12-6-4-7-13-29)45-19-17-42-18-20-46-36(30-14-8-5-9-15-30)27-44-25-33(23-31)37(32)40-2/h4-9,12-15,22-23,28,35-36,38,49H,10-11,16-21,24-27H2,1-3H3/t28?,35-,36-,38?,50?/m1/s1. The number of benzene rings is 3. The summed E-state index contributed by atoms with van der Waals surface area (Å²) in [5.41, 5.74) is 3.81. The van der Waals surface area contributed by atoms with E-state index < -0.39 is 8.80 Å². The number of carbonyl (C=O) groups excluding carboxylic acids is 1. The van der Waals surface area contributed by atoms with Crippen molar-refractivity contribution in [2.24, 2.45) is 0 Å². The molecule has 5 rings (SSSR count). The molecular weight excluding hydrogens is 677 g/mol. The lowest BCUT2D eigenvalue weighted by molar-refractivity contribution is -0.0646. The molecule has 0 saturated carbocycles. The fraction of sp³-hybridized carbons (Fsp3) is 0.500. The van der Waals surface area contributed by atoms with Crippen LogP contribution in [0.1, 0.15) is 71.0 Å². The first-order chi connectivity index (χ1) is 24.4. The van der Waals surface area contributed by atoms with Crippen molar-refractivity contribution in [1.82, 2.24) is 0 Å². The smallest absolute Gasteiger partial charge is 0.496 e. The van der Waals surface area contributed by atoms with Gasteiger partial charge in [0.05, 0.1) is 66.1 Å². The Labute approximate surface area is 302 Å². The van der Waals surface area contributed by atoms with E-state index in [-0.39, 0.29) is 42.7 Å². The van der Waals surface area contributed by atoms with Gasteiger partial charge in [-0.15, -0.1) is 12.6 Å². The van der Waals surface area contributed by atoms with E-state index in [9.17, 15) is 4.79 Å². The molecule has 272 valence electrons. The van der Waals surface area contributed by atoms with Crippen LogP contribution in [0.3, 0.4) is 0 Å². The average Bonchev–Trinajstić information content (AvgIpc) is 3.44. The Bertz CT molecular complexity index is 1370. The number of unbranched alkanes of at least 4 members (excludes halogenated alkanes) is 1. The van der Waals surface area contributed by atoms with Crippen molar-refractivity contribution in [3.8, 4) is 5.75 Å². The van der Waals surface area contributed by atoms with E-state index in [0.717, 1.165) is 28.7 Å². The number of methoxy groups -OCH3 is 1. The molecule has 0 N–H and O–H groups in total. The molecule has 0 aliphatic carbocycles. The number of fused-ring (bicyclic) bond motifs is 2. The summed E-state index contributed by atoms with van der Waals surface area (Å²) in [6.45, 7) is 4.61. The molecule has 3 unspecified atom stereocenters. The largest absolute Gasteiger partial charge is 0.501 e. The number of ketones is 1. The average molecular weight is 727 g/mol. The van der Waals surface area contributed by atoms with Gasteiger partial charge in [0.1, 0.15) is 23.4 Å². The van der Waals surface area contributed by atoms with E-state index in [4.69, 9.17) is 41.7 Å². The Hall–Kier alpha value is -2.62. The summed E-state index contributed by atoms with van der Waals surface area (Å²) in [4.78, 5) is 13.7. The number of hydrogen-bond donors (Lipinski definition) is 1. The zero-order chi connectivity index (χ0) is 35.2. The maximum atomic E-state index is 13.7. The summed E-state index contributed by atoms with van der Waals surface area (Å²) in [6.07, 6.45) is 1.01. The fourth-order valence-corrected chi connectivity index (χ4v) is 9.38. The van der Waals surface area contributed by atoms with Crippen LogP contribution < -0.4 is 4.74 Å². The summed E-state index contributed by atoms with van der Waals surface area (Å²) in [7, 11) is 0.455. The number of Topliss-reactive ketones (excluding diaryl/α,β-unsaturated/α-hetero) is 1. The van der Waals surface area contributed by atoms with Crippen LogP contribution in [0.5, 0.6) is 5.75 Å². The Morgan fingerprint density at radius 2 is 1.34 bits per heavy atom. The van der Waals surface area contributed by atoms with Crippen LogP contribution in [-0.2, 0) is 50.2 Å². The molecular formula is C38H50O10SSi. The Morgan fingerprint density at radius 1 is 0.780 bits per heavy atom. The predicted molar refractivity (Wildman–Crippen MR) is 194 cm³/mol. The van der Waals surface area contributed by atoms with Gasteiger partial charge in [-0.3, -0.25) is 4.79 Å². The normalized spacial score (nSPS) is 25.8. The van der Waals surface area contributed by atoms with Gasteiger partial charge in [0.2, 0.25) is 0 Å². The molecule has 3 aromatic rings. The minimum atomic E-state index is -2.79. The molecule has 0 radical (unpaired) electrons. The van der Waals surface area contributed by atoms with Gasteiger partial charge >= 0.3 is 8.80 Å². The lowest BCUT2D eigenvalue weighted by atomic mass is 9.99. The monoisotopic (exact) mass is 726 g/mol. The van der Waals surface area contributed by atoms with Gasteiger partial charge in [-0.25, -0.2) is 0 Å². The van der Waals surface area contributed by atoms with Crippen LogP contribution >= 0.6 is 12.6 Å². The van der Waals surface area contributed by atoms with Crippen molar-refractivity contribution >= 4 is 27.2 Å². The molecule has 12 heteroatoms. The molecule has 0 amide bonds. The summed E-state index contributed by atoms with van der Waals surface area (Å²) < 4.78 is 54.4. The van der Waals surface area contributed by atoms with Crippen molar-refractivity contribution < 1.29 is 46.5 Å². The highest BCUT2D eigenvalue weighted by atomic mass is 32.1. The molecule has 2 aliphatic rings. The molecule has 0 spiro atoms. The summed E-state index contributed by atoms with van der Waals surface area (Å²) in [5, 5.41) is 0. The van der Waals surface area contributed by atoms with E-state index >= 15 is 0 Å². The molecule has 5 atom stereocenters. The lowest BCUT2D eigenvalue weighted by Crippen LogP contribution is -2.40. The van der Waals surface area contributed by atoms with Crippen LogP contribution in [0.2, 0.25) is 6.04 Å². The minimum absolute atomic E-state index is 0.0233. The number of rotatable bonds is 10. The van der Waals surface area contributed by atoms with Crippen molar-refractivity contribution in [3.63, 3.8) is 0 Å². The second-order valence-corrected chi connectivity index (χ2v) is 15.6. The zero-order valence-corrected chi connectivity index (χ0v) is 31.1. The van der Waals surface area contributed by atoms with Gasteiger partial charge in [-0.05, 0) is 43.0 Å². The van der Waals surface area contributed by atoms with Gasteiger partial charge in [0.15, 0.2) is 5.78 Å². The highest BCUT2D eigenvalue weighted by Crippen LogP contribution is 2.33. The van der Waals surface area contributed by atoms with E-state index in [1.54, 1.807) is 14.2 Å². The Balaban J connectivity index is 1.33. The van der Waals surface area contributed by atoms with Crippen molar-refractivity contribution in [2.45, 2.75) is 69.2 Å². The third-order valence-electron chi connectivity index (χ3n) is 8.77. The van der Waals surface area contributed by atoms with Gasteiger partial charge in [-0.2, -0.15) is 0 Å². The van der Waals surface area contributed by atoms with Crippen LogP contribution in [0.15, 0.2) is 72.8 Å². The summed E-state index contributed by atoms with van der Waals surface area (Å²) >= 11 is 4.45. The molecule has 3 aromatic carbocycles. The Morgan fingerprint density at radius 3 is 1.82 bits per heavy atom. The number of carbonyl (C=O) groups is 1. The minimum Gasteiger partial charge on any atom is -0.496 e. The van der Waals surface area contributed by atoms with E-state index in [1.807, 2.05) is 79.7 Å². The second-order valence-electron chi connectivity index (χ2n) is 12.4. The van der Waals surface area contributed by atoms with Crippen LogP contribution in [0.4, 0.5) is 0 Å². The van der Waals surface area contributed by atoms with Crippen LogP contribution in [0.25, 0.3) is 0 Å². The Kier molecular flexibility index (Phi) is 15.3. The molecule has 2 bridgehead atoms. The maximum Gasteiger partial charge on any atom is 0.501 e. The highest BCUT2D eigenvalue weighted by Gasteiger charge is 2.50. The van der Waals surface area contributed by atoms with Crippen LogP contribution in [0, 0.1) is 0 Å². The molecule has 1 fully saturated rings. The number of hydrogen-bond acceptors (Lipinski definition) is 11. The highest BCUT2D eigenvalue weighted by molar-refractivity contribution is 7.80. The first-order valence-corrected chi connectivity index (χ1v) is 19.7. The predicted octanol–water partition coefficient (Wildman–Crippen LogP) is 6.90. The zero-order valence-electron chi connectivity index (χ0n) is 29.3. The second kappa shape index (κ2) is 19.8. The SMILES string of the molecule is COc1c2cc(C(=O)CCCC[Si]3(OC)OC(C)C(S)O3)cc1COC[C@H](c1ccccc1)OCCOCCO[C@@H](c1ccccc1)COC2. The molecule has 0 aromatic heterocycles. The number of thiol groups is 1.